The van der Waals surface area contributed by atoms with Crippen LogP contribution in [0, 0.1) is 5.92 Å². The lowest BCUT2D eigenvalue weighted by atomic mass is 10.1. The van der Waals surface area contributed by atoms with Crippen LogP contribution in [-0.2, 0) is 6.18 Å². The fourth-order valence-electron chi connectivity index (χ4n) is 2.05. The van der Waals surface area contributed by atoms with Gasteiger partial charge in [0, 0.05) is 6.04 Å². The van der Waals surface area contributed by atoms with Crippen molar-refractivity contribution >= 4 is 11.4 Å². The van der Waals surface area contributed by atoms with Crippen LogP contribution in [0.4, 0.5) is 24.5 Å². The summed E-state index contributed by atoms with van der Waals surface area (Å²) in [6.07, 6.45) is 0.909. The molecule has 1 aromatic heterocycles. The number of aromatic nitrogens is 1. The molecule has 1 unspecified atom stereocenters. The lowest BCUT2D eigenvalue weighted by Crippen LogP contribution is -2.21. The Hall–Kier alpha value is -1.46. The van der Waals surface area contributed by atoms with Gasteiger partial charge < -0.3 is 11.1 Å². The van der Waals surface area contributed by atoms with Gasteiger partial charge in [0.15, 0.2) is 0 Å². The highest BCUT2D eigenvalue weighted by molar-refractivity contribution is 5.65. The van der Waals surface area contributed by atoms with E-state index in [4.69, 9.17) is 5.73 Å². The number of nitrogens with two attached hydrogens (primary N) is 1. The van der Waals surface area contributed by atoms with E-state index in [9.17, 15) is 13.2 Å². The smallest absolute Gasteiger partial charge is 0.396 e. The highest BCUT2D eigenvalue weighted by Gasteiger charge is 2.33. The largest absolute Gasteiger partial charge is 0.433 e. The highest BCUT2D eigenvalue weighted by atomic mass is 19.4. The summed E-state index contributed by atoms with van der Waals surface area (Å²) >= 11 is 0. The fourth-order valence-corrected chi connectivity index (χ4v) is 2.05. The van der Waals surface area contributed by atoms with Crippen molar-refractivity contribution in [1.29, 1.82) is 0 Å². The van der Waals surface area contributed by atoms with E-state index < -0.39 is 11.9 Å². The zero-order chi connectivity index (χ0) is 14.0. The molecule has 3 N–H and O–H groups in total. The van der Waals surface area contributed by atoms with Gasteiger partial charge in [0.25, 0.3) is 0 Å². The van der Waals surface area contributed by atoms with E-state index >= 15 is 0 Å². The number of nitrogens with one attached hydrogen (secondary N) is 1. The molecule has 6 heteroatoms. The molecule has 1 fully saturated rings. The van der Waals surface area contributed by atoms with Crippen molar-refractivity contribution in [3.8, 4) is 0 Å². The summed E-state index contributed by atoms with van der Waals surface area (Å²) < 4.78 is 37.8. The van der Waals surface area contributed by atoms with Gasteiger partial charge in [-0.3, -0.25) is 0 Å². The second-order valence-electron chi connectivity index (χ2n) is 5.08. The Morgan fingerprint density at radius 3 is 2.68 bits per heavy atom. The maximum absolute atomic E-state index is 12.6. The molecule has 1 aliphatic rings. The Bertz CT molecular complexity index is 441. The van der Waals surface area contributed by atoms with Gasteiger partial charge in [-0.15, -0.1) is 0 Å². The molecule has 1 saturated carbocycles. The summed E-state index contributed by atoms with van der Waals surface area (Å²) in [5, 5.41) is 3.12. The van der Waals surface area contributed by atoms with Gasteiger partial charge in [0.05, 0.1) is 17.6 Å². The van der Waals surface area contributed by atoms with Crippen molar-refractivity contribution in [1.82, 2.24) is 4.98 Å². The molecule has 1 atom stereocenters. The summed E-state index contributed by atoms with van der Waals surface area (Å²) in [5.74, 6) is 0.711. The minimum Gasteiger partial charge on any atom is -0.396 e. The molecule has 0 aromatic carbocycles. The van der Waals surface area contributed by atoms with Gasteiger partial charge in [-0.2, -0.15) is 13.2 Å². The molecule has 19 heavy (non-hydrogen) atoms. The van der Waals surface area contributed by atoms with E-state index in [0.29, 0.717) is 11.6 Å². The van der Waals surface area contributed by atoms with E-state index in [-0.39, 0.29) is 11.7 Å². The number of rotatable bonds is 5. The van der Waals surface area contributed by atoms with Crippen LogP contribution in [0.25, 0.3) is 0 Å². The lowest BCUT2D eigenvalue weighted by molar-refractivity contribution is -0.141. The summed E-state index contributed by atoms with van der Waals surface area (Å²) in [6.45, 7) is 2.02. The predicted molar refractivity (Wildman–Crippen MR) is 68.7 cm³/mol. The summed E-state index contributed by atoms with van der Waals surface area (Å²) in [7, 11) is 0. The number of pyridine rings is 1. The Labute approximate surface area is 110 Å². The van der Waals surface area contributed by atoms with Crippen LogP contribution >= 0.6 is 0 Å². The summed E-state index contributed by atoms with van der Waals surface area (Å²) in [5.41, 5.74) is 5.36. The van der Waals surface area contributed by atoms with Crippen molar-refractivity contribution in [2.24, 2.45) is 5.92 Å². The number of hydrogen-bond acceptors (Lipinski definition) is 3. The SMILES string of the molecule is CCC(CC1CC1)Nc1cc(C(F)(F)F)ncc1N. The first-order chi connectivity index (χ1) is 8.90. The van der Waals surface area contributed by atoms with Crippen molar-refractivity contribution in [2.45, 2.75) is 44.8 Å². The first-order valence-corrected chi connectivity index (χ1v) is 6.49. The number of nitrogens with zero attached hydrogens (tertiary/aromatic N) is 1. The second kappa shape index (κ2) is 5.27. The number of alkyl halides is 3. The Morgan fingerprint density at radius 1 is 1.47 bits per heavy atom. The van der Waals surface area contributed by atoms with E-state index in [0.717, 1.165) is 25.1 Å². The first kappa shape index (κ1) is 14.0. The maximum Gasteiger partial charge on any atom is 0.433 e. The van der Waals surface area contributed by atoms with E-state index in [1.807, 2.05) is 6.92 Å². The minimum atomic E-state index is -4.44. The maximum atomic E-state index is 12.6. The van der Waals surface area contributed by atoms with Crippen LogP contribution < -0.4 is 11.1 Å². The standard InChI is InChI=1S/C13H18F3N3/c1-2-9(5-8-3-4-8)19-11-6-12(13(14,15)16)18-7-10(11)17/h6-9H,2-5,17H2,1H3,(H,18,19). The molecular weight excluding hydrogens is 255 g/mol. The third kappa shape index (κ3) is 3.75. The Balaban J connectivity index is 2.13. The van der Waals surface area contributed by atoms with Crippen molar-refractivity contribution in [2.75, 3.05) is 11.1 Å². The molecule has 3 nitrogen and oxygen atoms in total. The van der Waals surface area contributed by atoms with E-state index in [2.05, 4.69) is 10.3 Å². The highest BCUT2D eigenvalue weighted by Crippen LogP contribution is 2.36. The number of halogens is 3. The molecule has 0 amide bonds. The number of nitrogen functional groups attached to an aromatic ring is 1. The molecule has 0 aliphatic heterocycles. The van der Waals surface area contributed by atoms with E-state index in [1.165, 1.54) is 12.8 Å². The average molecular weight is 273 g/mol. The van der Waals surface area contributed by atoms with Gasteiger partial charge in [-0.05, 0) is 24.8 Å². The molecule has 1 heterocycles. The van der Waals surface area contributed by atoms with Gasteiger partial charge in [0.1, 0.15) is 5.69 Å². The zero-order valence-electron chi connectivity index (χ0n) is 10.8. The Morgan fingerprint density at radius 2 is 2.16 bits per heavy atom. The van der Waals surface area contributed by atoms with Crippen molar-refractivity contribution < 1.29 is 13.2 Å². The Kier molecular flexibility index (Phi) is 3.87. The van der Waals surface area contributed by atoms with Crippen molar-refractivity contribution in [3.63, 3.8) is 0 Å². The van der Waals surface area contributed by atoms with Gasteiger partial charge in [0.2, 0.25) is 0 Å². The molecule has 0 saturated heterocycles. The third-order valence-corrected chi connectivity index (χ3v) is 3.39. The van der Waals surface area contributed by atoms with Crippen LogP contribution in [0.15, 0.2) is 12.3 Å². The molecule has 1 aliphatic carbocycles. The molecule has 0 radical (unpaired) electrons. The molecular formula is C13H18F3N3. The fraction of sp³-hybridized carbons (Fsp3) is 0.615. The van der Waals surface area contributed by atoms with Crippen LogP contribution in [0.1, 0.15) is 38.3 Å². The van der Waals surface area contributed by atoms with E-state index in [1.54, 1.807) is 0 Å². The first-order valence-electron chi connectivity index (χ1n) is 6.49. The van der Waals surface area contributed by atoms with Crippen LogP contribution in [0.2, 0.25) is 0 Å². The molecule has 0 spiro atoms. The monoisotopic (exact) mass is 273 g/mol. The minimum absolute atomic E-state index is 0.165. The average Bonchev–Trinajstić information content (AvgIpc) is 3.13. The van der Waals surface area contributed by atoms with Crippen LogP contribution in [0.5, 0.6) is 0 Å². The predicted octanol–water partition coefficient (Wildman–Crippen LogP) is 3.67. The topological polar surface area (TPSA) is 50.9 Å². The molecule has 1 aromatic rings. The molecule has 0 bridgehead atoms. The quantitative estimate of drug-likeness (QED) is 0.860. The van der Waals surface area contributed by atoms with Gasteiger partial charge in [-0.25, -0.2) is 4.98 Å². The number of anilines is 2. The summed E-state index contributed by atoms with van der Waals surface area (Å²) in [6, 6.07) is 1.16. The molecule has 2 rings (SSSR count). The van der Waals surface area contributed by atoms with Gasteiger partial charge in [-0.1, -0.05) is 19.8 Å². The van der Waals surface area contributed by atoms with Crippen molar-refractivity contribution in [3.05, 3.63) is 18.0 Å². The second-order valence-corrected chi connectivity index (χ2v) is 5.08. The lowest BCUT2D eigenvalue weighted by Gasteiger charge is -2.20. The third-order valence-electron chi connectivity index (χ3n) is 3.39. The van der Waals surface area contributed by atoms with Crippen LogP contribution in [0.3, 0.4) is 0 Å². The zero-order valence-corrected chi connectivity index (χ0v) is 10.8. The summed E-state index contributed by atoms with van der Waals surface area (Å²) in [4.78, 5) is 3.33. The normalized spacial score (nSPS) is 17.3. The molecule has 106 valence electrons. The number of hydrogen-bond donors (Lipinski definition) is 2. The van der Waals surface area contributed by atoms with Crippen LogP contribution in [-0.4, -0.2) is 11.0 Å². The van der Waals surface area contributed by atoms with Gasteiger partial charge >= 0.3 is 6.18 Å².